The Morgan fingerprint density at radius 1 is 1.25 bits per heavy atom. The van der Waals surface area contributed by atoms with Crippen molar-refractivity contribution in [2.24, 2.45) is 5.10 Å². The molecule has 108 valence electrons. The van der Waals surface area contributed by atoms with E-state index in [4.69, 9.17) is 23.2 Å². The number of halogens is 2. The fourth-order valence-electron chi connectivity index (χ4n) is 1.41. The van der Waals surface area contributed by atoms with E-state index in [1.807, 2.05) is 51.1 Å². The highest BCUT2D eigenvalue weighted by atomic mass is 35.5. The summed E-state index contributed by atoms with van der Waals surface area (Å²) in [5.74, 6) is 0. The molecule has 6 heteroatoms. The molecular formula is C14H17Cl2N3O. The summed E-state index contributed by atoms with van der Waals surface area (Å²) in [5.41, 5.74) is 2.86. The van der Waals surface area contributed by atoms with Crippen LogP contribution >= 0.6 is 23.2 Å². The number of amides is 2. The summed E-state index contributed by atoms with van der Waals surface area (Å²) >= 11 is 11.2. The van der Waals surface area contributed by atoms with Gasteiger partial charge in [-0.2, -0.15) is 5.10 Å². The summed E-state index contributed by atoms with van der Waals surface area (Å²) in [7, 11) is 0. The quantitative estimate of drug-likeness (QED) is 0.662. The Labute approximate surface area is 129 Å². The first kappa shape index (κ1) is 16.5. The first-order valence-corrected chi connectivity index (χ1v) is 6.76. The van der Waals surface area contributed by atoms with Crippen LogP contribution in [0.1, 0.15) is 26.3 Å². The van der Waals surface area contributed by atoms with E-state index in [9.17, 15) is 4.79 Å². The van der Waals surface area contributed by atoms with Gasteiger partial charge in [0.05, 0.1) is 6.21 Å². The maximum atomic E-state index is 12.1. The molecule has 0 aliphatic rings. The van der Waals surface area contributed by atoms with E-state index in [0.29, 0.717) is 0 Å². The third-order valence-electron chi connectivity index (χ3n) is 2.34. The van der Waals surface area contributed by atoms with E-state index >= 15 is 0 Å². The zero-order valence-electron chi connectivity index (χ0n) is 11.6. The van der Waals surface area contributed by atoms with Crippen LogP contribution in [0.4, 0.5) is 4.79 Å². The monoisotopic (exact) mass is 313 g/mol. The lowest BCUT2D eigenvalue weighted by Gasteiger charge is -2.31. The fourth-order valence-corrected chi connectivity index (χ4v) is 1.60. The molecule has 0 bridgehead atoms. The molecular weight excluding hydrogens is 297 g/mol. The van der Waals surface area contributed by atoms with Crippen molar-refractivity contribution in [3.05, 3.63) is 46.6 Å². The summed E-state index contributed by atoms with van der Waals surface area (Å²) in [6.45, 7) is 5.59. The van der Waals surface area contributed by atoms with Crippen LogP contribution < -0.4 is 5.43 Å². The summed E-state index contributed by atoms with van der Waals surface area (Å²) in [6, 6.07) is 9.04. The average Bonchev–Trinajstić information content (AvgIpc) is 2.35. The van der Waals surface area contributed by atoms with Crippen molar-refractivity contribution in [2.45, 2.75) is 26.3 Å². The van der Waals surface area contributed by atoms with Gasteiger partial charge in [-0.15, -0.1) is 0 Å². The molecule has 1 rings (SSSR count). The Morgan fingerprint density at radius 3 is 2.35 bits per heavy atom. The number of hydrogen-bond donors (Lipinski definition) is 1. The zero-order valence-corrected chi connectivity index (χ0v) is 13.1. The van der Waals surface area contributed by atoms with Crippen LogP contribution in [0.2, 0.25) is 0 Å². The molecule has 0 heterocycles. The van der Waals surface area contributed by atoms with Gasteiger partial charge in [0, 0.05) is 11.7 Å². The number of carbonyl (C=O) groups is 1. The van der Waals surface area contributed by atoms with Gasteiger partial charge in [-0.05, 0) is 26.3 Å². The van der Waals surface area contributed by atoms with Gasteiger partial charge in [-0.3, -0.25) is 4.90 Å². The molecule has 1 aromatic rings. The second-order valence-corrected chi connectivity index (χ2v) is 6.05. The number of hydrogen-bond acceptors (Lipinski definition) is 2. The molecule has 0 fully saturated rings. The maximum absolute atomic E-state index is 12.1. The fraction of sp³-hybridized carbons (Fsp3) is 0.286. The van der Waals surface area contributed by atoms with E-state index in [1.165, 1.54) is 11.1 Å². The van der Waals surface area contributed by atoms with Crippen LogP contribution in [0.25, 0.3) is 0 Å². The van der Waals surface area contributed by atoms with Crippen molar-refractivity contribution >= 4 is 35.4 Å². The molecule has 0 aromatic heterocycles. The van der Waals surface area contributed by atoms with Crippen LogP contribution in [-0.2, 0) is 0 Å². The average molecular weight is 314 g/mol. The van der Waals surface area contributed by atoms with Gasteiger partial charge in [-0.1, -0.05) is 53.5 Å². The second-order valence-electron chi connectivity index (χ2n) is 5.05. The SMILES string of the molecule is CC(C)(C)N(C=C(Cl)Cl)C(=O)N/N=C\c1ccccc1. The second kappa shape index (κ2) is 7.31. The minimum absolute atomic E-state index is 0.00196. The Balaban J connectivity index is 2.73. The molecule has 0 unspecified atom stereocenters. The largest absolute Gasteiger partial charge is 0.342 e. The standard InChI is InChI=1S/C14H17Cl2N3O/c1-14(2,3)19(10-12(15)16)13(20)18-17-9-11-7-5-4-6-8-11/h4-10H,1-3H3,(H,18,20)/b17-9-. The number of rotatable bonds is 3. The van der Waals surface area contributed by atoms with Crippen molar-refractivity contribution in [1.82, 2.24) is 10.3 Å². The van der Waals surface area contributed by atoms with E-state index in [1.54, 1.807) is 6.21 Å². The molecule has 0 aliphatic heterocycles. The minimum Gasteiger partial charge on any atom is -0.292 e. The third-order valence-corrected chi connectivity index (χ3v) is 2.54. The van der Waals surface area contributed by atoms with E-state index in [-0.39, 0.29) is 4.49 Å². The van der Waals surface area contributed by atoms with Gasteiger partial charge >= 0.3 is 6.03 Å². The number of carbonyl (C=O) groups excluding carboxylic acids is 1. The van der Waals surface area contributed by atoms with Crippen molar-refractivity contribution in [3.63, 3.8) is 0 Å². The van der Waals surface area contributed by atoms with Gasteiger partial charge < -0.3 is 0 Å². The third kappa shape index (κ3) is 5.63. The molecule has 0 aliphatic carbocycles. The first-order chi connectivity index (χ1) is 9.30. The first-order valence-electron chi connectivity index (χ1n) is 6.01. The molecule has 0 saturated carbocycles. The summed E-state index contributed by atoms with van der Waals surface area (Å²) < 4.78 is 0.00196. The Kier molecular flexibility index (Phi) is 6.05. The van der Waals surface area contributed by atoms with Crippen molar-refractivity contribution in [1.29, 1.82) is 0 Å². The molecule has 0 spiro atoms. The van der Waals surface area contributed by atoms with Crippen LogP contribution in [-0.4, -0.2) is 22.7 Å². The molecule has 0 radical (unpaired) electrons. The smallest absolute Gasteiger partial charge is 0.292 e. The van der Waals surface area contributed by atoms with Crippen LogP contribution in [0, 0.1) is 0 Å². The molecule has 1 N–H and O–H groups in total. The molecule has 2 amide bonds. The Morgan fingerprint density at radius 2 is 1.85 bits per heavy atom. The summed E-state index contributed by atoms with van der Waals surface area (Å²) in [6.07, 6.45) is 2.92. The molecule has 0 atom stereocenters. The van der Waals surface area contributed by atoms with Gasteiger partial charge in [0.25, 0.3) is 0 Å². The van der Waals surface area contributed by atoms with Crippen LogP contribution in [0.5, 0.6) is 0 Å². The van der Waals surface area contributed by atoms with Gasteiger partial charge in [0.1, 0.15) is 4.49 Å². The zero-order chi connectivity index (χ0) is 15.2. The van der Waals surface area contributed by atoms with E-state index in [2.05, 4.69) is 10.5 Å². The van der Waals surface area contributed by atoms with Crippen molar-refractivity contribution in [2.75, 3.05) is 0 Å². The number of hydrazone groups is 1. The predicted molar refractivity (Wildman–Crippen MR) is 83.9 cm³/mol. The van der Waals surface area contributed by atoms with Crippen molar-refractivity contribution < 1.29 is 4.79 Å². The van der Waals surface area contributed by atoms with Crippen LogP contribution in [0.3, 0.4) is 0 Å². The number of urea groups is 1. The van der Waals surface area contributed by atoms with Gasteiger partial charge in [0.2, 0.25) is 0 Å². The minimum atomic E-state index is -0.471. The lowest BCUT2D eigenvalue weighted by molar-refractivity contribution is 0.179. The van der Waals surface area contributed by atoms with Crippen LogP contribution in [0.15, 0.2) is 46.1 Å². The lowest BCUT2D eigenvalue weighted by atomic mass is 10.1. The molecule has 0 saturated heterocycles. The molecule has 20 heavy (non-hydrogen) atoms. The molecule has 1 aromatic carbocycles. The van der Waals surface area contributed by atoms with Gasteiger partial charge in [0.15, 0.2) is 0 Å². The lowest BCUT2D eigenvalue weighted by Crippen LogP contribution is -2.45. The maximum Gasteiger partial charge on any atom is 0.342 e. The topological polar surface area (TPSA) is 44.7 Å². The summed E-state index contributed by atoms with van der Waals surface area (Å²) in [5, 5.41) is 3.90. The normalized spacial score (nSPS) is 11.2. The number of benzene rings is 1. The van der Waals surface area contributed by atoms with E-state index in [0.717, 1.165) is 5.56 Å². The Hall–Kier alpha value is -1.52. The Bertz CT molecular complexity index is 503. The van der Waals surface area contributed by atoms with E-state index < -0.39 is 11.6 Å². The van der Waals surface area contributed by atoms with Crippen molar-refractivity contribution in [3.8, 4) is 0 Å². The van der Waals surface area contributed by atoms with Gasteiger partial charge in [-0.25, -0.2) is 10.2 Å². The highest BCUT2D eigenvalue weighted by molar-refractivity contribution is 6.55. The highest BCUT2D eigenvalue weighted by Crippen LogP contribution is 2.18. The number of nitrogens with one attached hydrogen (secondary N) is 1. The summed E-state index contributed by atoms with van der Waals surface area (Å²) in [4.78, 5) is 13.4. The highest BCUT2D eigenvalue weighted by Gasteiger charge is 2.24. The predicted octanol–water partition coefficient (Wildman–Crippen LogP) is 4.11. The number of nitrogens with zero attached hydrogens (tertiary/aromatic N) is 2. The molecule has 4 nitrogen and oxygen atoms in total.